The van der Waals surface area contributed by atoms with Crippen LogP contribution in [0, 0.1) is 0 Å². The molecule has 1 aromatic carbocycles. The molecule has 0 spiro atoms. The molecule has 4 nitrogen and oxygen atoms in total. The summed E-state index contributed by atoms with van der Waals surface area (Å²) in [6.45, 7) is 6.32. The Balaban J connectivity index is 2.36. The van der Waals surface area contributed by atoms with Gasteiger partial charge in [0, 0.05) is 12.1 Å². The highest BCUT2D eigenvalue weighted by atomic mass is 16.5. The maximum absolute atomic E-state index is 11.4. The third kappa shape index (κ3) is 5.75. The van der Waals surface area contributed by atoms with Crippen LogP contribution in [0.5, 0.6) is 5.75 Å². The van der Waals surface area contributed by atoms with Crippen LogP contribution in [0.4, 0.5) is 0 Å². The fourth-order valence-corrected chi connectivity index (χ4v) is 1.70. The third-order valence-corrected chi connectivity index (χ3v) is 2.80. The van der Waals surface area contributed by atoms with E-state index in [1.165, 1.54) is 0 Å². The number of hydrogen-bond acceptors (Lipinski definition) is 3. The molecule has 3 N–H and O–H groups in total. The SMILES string of the molecule is CC[C@H](N)c1ccc(OCCC(=O)NC(C)C)cc1. The lowest BCUT2D eigenvalue weighted by molar-refractivity contribution is -0.122. The lowest BCUT2D eigenvalue weighted by Crippen LogP contribution is -2.31. The smallest absolute Gasteiger partial charge is 0.223 e. The van der Waals surface area contributed by atoms with Crippen molar-refractivity contribution in [3.05, 3.63) is 29.8 Å². The number of hydrogen-bond donors (Lipinski definition) is 2. The summed E-state index contributed by atoms with van der Waals surface area (Å²) in [4.78, 5) is 11.4. The Hall–Kier alpha value is -1.55. The van der Waals surface area contributed by atoms with E-state index < -0.39 is 0 Å². The Labute approximate surface area is 115 Å². The zero-order valence-electron chi connectivity index (χ0n) is 12.0. The van der Waals surface area contributed by atoms with Crippen LogP contribution in [0.25, 0.3) is 0 Å². The monoisotopic (exact) mass is 264 g/mol. The molecule has 0 saturated carbocycles. The zero-order valence-corrected chi connectivity index (χ0v) is 12.0. The molecule has 0 fully saturated rings. The number of benzene rings is 1. The van der Waals surface area contributed by atoms with Crippen molar-refractivity contribution in [2.75, 3.05) is 6.61 Å². The first kappa shape index (κ1) is 15.5. The highest BCUT2D eigenvalue weighted by Crippen LogP contribution is 2.18. The van der Waals surface area contributed by atoms with Gasteiger partial charge >= 0.3 is 0 Å². The van der Waals surface area contributed by atoms with E-state index >= 15 is 0 Å². The van der Waals surface area contributed by atoms with Gasteiger partial charge in [-0.2, -0.15) is 0 Å². The lowest BCUT2D eigenvalue weighted by Gasteiger charge is -2.11. The Kier molecular flexibility index (Phi) is 6.36. The molecular weight excluding hydrogens is 240 g/mol. The van der Waals surface area contributed by atoms with E-state index in [2.05, 4.69) is 12.2 Å². The molecule has 0 saturated heterocycles. The fourth-order valence-electron chi connectivity index (χ4n) is 1.70. The fraction of sp³-hybridized carbons (Fsp3) is 0.533. The van der Waals surface area contributed by atoms with Gasteiger partial charge in [-0.1, -0.05) is 19.1 Å². The Morgan fingerprint density at radius 3 is 2.47 bits per heavy atom. The standard InChI is InChI=1S/C15H24N2O2/c1-4-14(16)12-5-7-13(8-6-12)19-10-9-15(18)17-11(2)3/h5-8,11,14H,4,9-10,16H2,1-3H3,(H,17,18)/t14-/m0/s1. The molecule has 1 amide bonds. The van der Waals surface area contributed by atoms with Gasteiger partial charge in [-0.25, -0.2) is 0 Å². The zero-order chi connectivity index (χ0) is 14.3. The number of carbonyl (C=O) groups excluding carboxylic acids is 1. The van der Waals surface area contributed by atoms with Gasteiger partial charge in [-0.05, 0) is 38.0 Å². The summed E-state index contributed by atoms with van der Waals surface area (Å²) in [5, 5.41) is 2.83. The van der Waals surface area contributed by atoms with Gasteiger partial charge in [0.2, 0.25) is 5.91 Å². The largest absolute Gasteiger partial charge is 0.493 e. The van der Waals surface area contributed by atoms with Crippen molar-refractivity contribution in [3.8, 4) is 5.75 Å². The van der Waals surface area contributed by atoms with Gasteiger partial charge in [0.05, 0.1) is 13.0 Å². The summed E-state index contributed by atoms with van der Waals surface area (Å²) < 4.78 is 5.52. The van der Waals surface area contributed by atoms with E-state index in [0.29, 0.717) is 13.0 Å². The second-order valence-electron chi connectivity index (χ2n) is 4.90. The summed E-state index contributed by atoms with van der Waals surface area (Å²) >= 11 is 0. The van der Waals surface area contributed by atoms with Gasteiger partial charge in [-0.3, -0.25) is 4.79 Å². The highest BCUT2D eigenvalue weighted by molar-refractivity contribution is 5.76. The number of nitrogens with one attached hydrogen (secondary N) is 1. The normalized spacial score (nSPS) is 12.3. The van der Waals surface area contributed by atoms with Crippen LogP contribution in [0.1, 0.15) is 45.2 Å². The van der Waals surface area contributed by atoms with E-state index in [4.69, 9.17) is 10.5 Å². The first-order chi connectivity index (χ1) is 9.02. The molecule has 1 aromatic rings. The highest BCUT2D eigenvalue weighted by Gasteiger charge is 2.05. The molecule has 0 aliphatic heterocycles. The number of nitrogens with two attached hydrogens (primary N) is 1. The van der Waals surface area contributed by atoms with Crippen molar-refractivity contribution >= 4 is 5.91 Å². The van der Waals surface area contributed by atoms with Crippen LogP contribution >= 0.6 is 0 Å². The minimum Gasteiger partial charge on any atom is -0.493 e. The van der Waals surface area contributed by atoms with E-state index in [9.17, 15) is 4.79 Å². The predicted molar refractivity (Wildman–Crippen MR) is 77.1 cm³/mol. The summed E-state index contributed by atoms with van der Waals surface area (Å²) in [5.41, 5.74) is 7.04. The van der Waals surface area contributed by atoms with Crippen molar-refractivity contribution in [1.29, 1.82) is 0 Å². The van der Waals surface area contributed by atoms with Gasteiger partial charge in [0.1, 0.15) is 5.75 Å². The molecule has 19 heavy (non-hydrogen) atoms. The molecular formula is C15H24N2O2. The predicted octanol–water partition coefficient (Wildman–Crippen LogP) is 2.39. The van der Waals surface area contributed by atoms with Gasteiger partial charge < -0.3 is 15.8 Å². The van der Waals surface area contributed by atoms with E-state index in [1.54, 1.807) is 0 Å². The molecule has 106 valence electrons. The number of amides is 1. The van der Waals surface area contributed by atoms with E-state index in [1.807, 2.05) is 38.1 Å². The van der Waals surface area contributed by atoms with Crippen LogP contribution in [0.2, 0.25) is 0 Å². The molecule has 4 heteroatoms. The first-order valence-electron chi connectivity index (χ1n) is 6.80. The van der Waals surface area contributed by atoms with Gasteiger partial charge in [0.25, 0.3) is 0 Å². The van der Waals surface area contributed by atoms with Gasteiger partial charge in [0.15, 0.2) is 0 Å². The average molecular weight is 264 g/mol. The Morgan fingerprint density at radius 1 is 1.32 bits per heavy atom. The maximum atomic E-state index is 11.4. The molecule has 1 rings (SSSR count). The molecule has 0 aromatic heterocycles. The summed E-state index contributed by atoms with van der Waals surface area (Å²) in [6, 6.07) is 7.97. The quantitative estimate of drug-likeness (QED) is 0.794. The maximum Gasteiger partial charge on any atom is 0.223 e. The number of rotatable bonds is 7. The molecule has 0 unspecified atom stereocenters. The van der Waals surface area contributed by atoms with Crippen molar-refractivity contribution in [2.45, 2.75) is 45.7 Å². The van der Waals surface area contributed by atoms with Crippen molar-refractivity contribution in [1.82, 2.24) is 5.32 Å². The second kappa shape index (κ2) is 7.79. The van der Waals surface area contributed by atoms with Crippen LogP contribution in [0.3, 0.4) is 0 Å². The van der Waals surface area contributed by atoms with Crippen molar-refractivity contribution in [2.24, 2.45) is 5.73 Å². The van der Waals surface area contributed by atoms with Crippen LogP contribution < -0.4 is 15.8 Å². The summed E-state index contributed by atoms with van der Waals surface area (Å²) in [7, 11) is 0. The third-order valence-electron chi connectivity index (χ3n) is 2.80. The van der Waals surface area contributed by atoms with Crippen LogP contribution in [-0.4, -0.2) is 18.6 Å². The van der Waals surface area contributed by atoms with E-state index in [-0.39, 0.29) is 18.0 Å². The molecule has 0 heterocycles. The minimum absolute atomic E-state index is 0.0135. The van der Waals surface area contributed by atoms with Crippen LogP contribution in [-0.2, 0) is 4.79 Å². The molecule has 0 aliphatic rings. The average Bonchev–Trinajstić information content (AvgIpc) is 2.37. The first-order valence-corrected chi connectivity index (χ1v) is 6.80. The Morgan fingerprint density at radius 2 is 1.95 bits per heavy atom. The molecule has 0 radical (unpaired) electrons. The summed E-state index contributed by atoms with van der Waals surface area (Å²) in [5.74, 6) is 0.782. The second-order valence-corrected chi connectivity index (χ2v) is 4.90. The Bertz CT molecular complexity index is 388. The number of ether oxygens (including phenoxy) is 1. The topological polar surface area (TPSA) is 64.3 Å². The van der Waals surface area contributed by atoms with Crippen molar-refractivity contribution in [3.63, 3.8) is 0 Å². The van der Waals surface area contributed by atoms with E-state index in [0.717, 1.165) is 17.7 Å². The van der Waals surface area contributed by atoms with Crippen molar-refractivity contribution < 1.29 is 9.53 Å². The van der Waals surface area contributed by atoms with Gasteiger partial charge in [-0.15, -0.1) is 0 Å². The summed E-state index contributed by atoms with van der Waals surface area (Å²) in [6.07, 6.45) is 1.28. The minimum atomic E-state index is 0.0135. The van der Waals surface area contributed by atoms with Crippen LogP contribution in [0.15, 0.2) is 24.3 Å². The molecule has 0 aliphatic carbocycles. The molecule has 1 atom stereocenters. The number of carbonyl (C=O) groups is 1. The molecule has 0 bridgehead atoms. The lowest BCUT2D eigenvalue weighted by atomic mass is 10.1.